The zero-order valence-electron chi connectivity index (χ0n) is 12.5. The summed E-state index contributed by atoms with van der Waals surface area (Å²) in [5, 5.41) is 9.66. The molecule has 0 aromatic rings. The predicted molar refractivity (Wildman–Crippen MR) is 78.1 cm³/mol. The maximum absolute atomic E-state index is 11.7. The Morgan fingerprint density at radius 2 is 1.79 bits per heavy atom. The molecule has 2 bridgehead atoms. The summed E-state index contributed by atoms with van der Waals surface area (Å²) in [7, 11) is 0. The molecule has 2 saturated carbocycles. The Bertz CT molecular complexity index is 300. The number of carbonyl (C=O) groups is 1. The number of hydrogen-bond donors (Lipinski definition) is 1. The number of carboxylic acid groups (broad SMARTS) is 1. The first-order valence-corrected chi connectivity index (χ1v) is 8.42. The lowest BCUT2D eigenvalue weighted by atomic mass is 9.70. The largest absolute Gasteiger partial charge is 0.481 e. The van der Waals surface area contributed by atoms with Crippen LogP contribution in [0.4, 0.5) is 0 Å². The second-order valence-electron chi connectivity index (χ2n) is 6.91. The van der Waals surface area contributed by atoms with E-state index in [-0.39, 0.29) is 5.41 Å². The molecule has 19 heavy (non-hydrogen) atoms. The van der Waals surface area contributed by atoms with Crippen molar-refractivity contribution in [1.82, 2.24) is 0 Å². The van der Waals surface area contributed by atoms with Crippen molar-refractivity contribution < 1.29 is 9.90 Å². The molecule has 0 heterocycles. The number of fused-ring (bicyclic) bond motifs is 2. The van der Waals surface area contributed by atoms with Gasteiger partial charge < -0.3 is 5.11 Å². The van der Waals surface area contributed by atoms with Crippen molar-refractivity contribution in [3.8, 4) is 0 Å². The van der Waals surface area contributed by atoms with Gasteiger partial charge in [-0.3, -0.25) is 4.79 Å². The Kier molecular flexibility index (Phi) is 5.29. The standard InChI is InChI=1S/C17H30O2/c1-2-3-4-5-6-7-8-11-17(16(18)19)13-14-9-10-15(17)12-14/h14-15H,2-13H2,1H3,(H,18,19). The lowest BCUT2D eigenvalue weighted by Gasteiger charge is -2.33. The second-order valence-corrected chi connectivity index (χ2v) is 6.91. The van der Waals surface area contributed by atoms with Gasteiger partial charge in [-0.25, -0.2) is 0 Å². The van der Waals surface area contributed by atoms with Gasteiger partial charge in [0, 0.05) is 0 Å². The highest BCUT2D eigenvalue weighted by Crippen LogP contribution is 2.58. The van der Waals surface area contributed by atoms with Crippen LogP contribution >= 0.6 is 0 Å². The van der Waals surface area contributed by atoms with E-state index in [2.05, 4.69) is 6.92 Å². The molecule has 3 unspecified atom stereocenters. The summed E-state index contributed by atoms with van der Waals surface area (Å²) in [5.74, 6) is 0.728. The average Bonchev–Trinajstić information content (AvgIpc) is 2.98. The summed E-state index contributed by atoms with van der Waals surface area (Å²) >= 11 is 0. The third-order valence-corrected chi connectivity index (χ3v) is 5.63. The molecule has 0 aromatic heterocycles. The summed E-state index contributed by atoms with van der Waals surface area (Å²) in [4.78, 5) is 11.7. The number of carboxylic acids is 1. The van der Waals surface area contributed by atoms with Gasteiger partial charge in [0.1, 0.15) is 0 Å². The molecule has 1 N–H and O–H groups in total. The normalized spacial score (nSPS) is 32.9. The average molecular weight is 266 g/mol. The van der Waals surface area contributed by atoms with Crippen LogP contribution in [0, 0.1) is 17.3 Å². The smallest absolute Gasteiger partial charge is 0.309 e. The molecule has 0 spiro atoms. The van der Waals surface area contributed by atoms with Gasteiger partial charge in [0.25, 0.3) is 0 Å². The molecule has 0 aliphatic heterocycles. The molecule has 0 amide bonds. The minimum Gasteiger partial charge on any atom is -0.481 e. The predicted octanol–water partition coefficient (Wildman–Crippen LogP) is 5.02. The zero-order chi connectivity index (χ0) is 13.7. The summed E-state index contributed by atoms with van der Waals surface area (Å²) in [6, 6.07) is 0. The topological polar surface area (TPSA) is 37.3 Å². The van der Waals surface area contributed by atoms with Crippen LogP contribution in [0.1, 0.15) is 84.0 Å². The zero-order valence-corrected chi connectivity index (χ0v) is 12.5. The molecule has 0 radical (unpaired) electrons. The Morgan fingerprint density at radius 1 is 1.11 bits per heavy atom. The molecule has 2 aliphatic rings. The van der Waals surface area contributed by atoms with Crippen LogP contribution in [-0.4, -0.2) is 11.1 Å². The van der Waals surface area contributed by atoms with Gasteiger partial charge in [-0.1, -0.05) is 58.3 Å². The molecule has 0 saturated heterocycles. The lowest BCUT2D eigenvalue weighted by Crippen LogP contribution is -2.36. The number of hydrogen-bond acceptors (Lipinski definition) is 1. The lowest BCUT2D eigenvalue weighted by molar-refractivity contribution is -0.153. The monoisotopic (exact) mass is 266 g/mol. The van der Waals surface area contributed by atoms with E-state index in [1.165, 1.54) is 57.8 Å². The van der Waals surface area contributed by atoms with Crippen molar-refractivity contribution in [3.63, 3.8) is 0 Å². The fourth-order valence-corrected chi connectivity index (χ4v) is 4.52. The highest BCUT2D eigenvalue weighted by molar-refractivity contribution is 5.75. The quantitative estimate of drug-likeness (QED) is 0.595. The van der Waals surface area contributed by atoms with Crippen LogP contribution < -0.4 is 0 Å². The van der Waals surface area contributed by atoms with Gasteiger partial charge in [0.15, 0.2) is 0 Å². The third-order valence-electron chi connectivity index (χ3n) is 5.63. The van der Waals surface area contributed by atoms with Crippen molar-refractivity contribution in [2.45, 2.75) is 84.0 Å². The molecule has 3 atom stereocenters. The van der Waals surface area contributed by atoms with E-state index in [9.17, 15) is 9.90 Å². The van der Waals surface area contributed by atoms with Crippen LogP contribution in [-0.2, 0) is 4.79 Å². The highest BCUT2D eigenvalue weighted by atomic mass is 16.4. The van der Waals surface area contributed by atoms with Crippen molar-refractivity contribution in [1.29, 1.82) is 0 Å². The first-order chi connectivity index (χ1) is 9.19. The summed E-state index contributed by atoms with van der Waals surface area (Å²) < 4.78 is 0. The van der Waals surface area contributed by atoms with Crippen LogP contribution in [0.2, 0.25) is 0 Å². The SMILES string of the molecule is CCCCCCCCCC1(C(=O)O)CC2CCC1C2. The van der Waals surface area contributed by atoms with E-state index >= 15 is 0 Å². The summed E-state index contributed by atoms with van der Waals surface area (Å²) in [6.45, 7) is 2.24. The van der Waals surface area contributed by atoms with Gasteiger partial charge >= 0.3 is 5.97 Å². The van der Waals surface area contributed by atoms with E-state index in [0.717, 1.165) is 25.2 Å². The van der Waals surface area contributed by atoms with Gasteiger partial charge in [-0.05, 0) is 37.5 Å². The van der Waals surface area contributed by atoms with Crippen molar-refractivity contribution in [2.24, 2.45) is 17.3 Å². The molecule has 0 aromatic carbocycles. The minimum atomic E-state index is -0.495. The van der Waals surface area contributed by atoms with Crippen LogP contribution in [0.15, 0.2) is 0 Å². The third kappa shape index (κ3) is 3.32. The maximum Gasteiger partial charge on any atom is 0.309 e. The van der Waals surface area contributed by atoms with Gasteiger partial charge in [-0.2, -0.15) is 0 Å². The fraction of sp³-hybridized carbons (Fsp3) is 0.941. The van der Waals surface area contributed by atoms with E-state index in [1.807, 2.05) is 0 Å². The Hall–Kier alpha value is -0.530. The molecular weight excluding hydrogens is 236 g/mol. The molecule has 2 aliphatic carbocycles. The van der Waals surface area contributed by atoms with E-state index in [0.29, 0.717) is 5.92 Å². The van der Waals surface area contributed by atoms with Gasteiger partial charge in [0.2, 0.25) is 0 Å². The minimum absolute atomic E-state index is 0.327. The highest BCUT2D eigenvalue weighted by Gasteiger charge is 2.55. The maximum atomic E-state index is 11.7. The van der Waals surface area contributed by atoms with Gasteiger partial charge in [0.05, 0.1) is 5.41 Å². The Morgan fingerprint density at radius 3 is 2.32 bits per heavy atom. The van der Waals surface area contributed by atoms with Gasteiger partial charge in [-0.15, -0.1) is 0 Å². The molecule has 2 rings (SSSR count). The van der Waals surface area contributed by atoms with Crippen LogP contribution in [0.3, 0.4) is 0 Å². The molecule has 110 valence electrons. The molecular formula is C17H30O2. The van der Waals surface area contributed by atoms with E-state index < -0.39 is 5.97 Å². The molecule has 2 fully saturated rings. The van der Waals surface area contributed by atoms with Crippen molar-refractivity contribution >= 4 is 5.97 Å². The first kappa shape index (κ1) is 14.9. The van der Waals surface area contributed by atoms with E-state index in [1.54, 1.807) is 0 Å². The van der Waals surface area contributed by atoms with Crippen molar-refractivity contribution in [2.75, 3.05) is 0 Å². The second kappa shape index (κ2) is 6.76. The summed E-state index contributed by atoms with van der Waals surface area (Å²) in [5.41, 5.74) is -0.327. The molecule has 2 heteroatoms. The number of unbranched alkanes of at least 4 members (excludes halogenated alkanes) is 6. The van der Waals surface area contributed by atoms with Crippen LogP contribution in [0.25, 0.3) is 0 Å². The van der Waals surface area contributed by atoms with Crippen LogP contribution in [0.5, 0.6) is 0 Å². The Balaban J connectivity index is 1.69. The number of aliphatic carboxylic acids is 1. The van der Waals surface area contributed by atoms with E-state index in [4.69, 9.17) is 0 Å². The first-order valence-electron chi connectivity index (χ1n) is 8.42. The molecule has 2 nitrogen and oxygen atoms in total. The summed E-state index contributed by atoms with van der Waals surface area (Å²) in [6.07, 6.45) is 14.6. The fourth-order valence-electron chi connectivity index (χ4n) is 4.52. The van der Waals surface area contributed by atoms with Crippen molar-refractivity contribution in [3.05, 3.63) is 0 Å². The Labute approximate surface area is 118 Å². The number of rotatable bonds is 9.